The fourth-order valence-corrected chi connectivity index (χ4v) is 5.73. The van der Waals surface area contributed by atoms with E-state index in [9.17, 15) is 9.90 Å². The highest BCUT2D eigenvalue weighted by atomic mass is 32.1. The third kappa shape index (κ3) is 3.73. The first-order chi connectivity index (χ1) is 13.6. The van der Waals surface area contributed by atoms with E-state index in [1.165, 1.54) is 12.0 Å². The Bertz CT molecular complexity index is 847. The van der Waals surface area contributed by atoms with E-state index >= 15 is 0 Å². The lowest BCUT2D eigenvalue weighted by molar-refractivity contribution is -0.150. The van der Waals surface area contributed by atoms with Gasteiger partial charge in [-0.3, -0.25) is 0 Å². The molecule has 2 aromatic rings. The van der Waals surface area contributed by atoms with Crippen LogP contribution >= 0.6 is 11.3 Å². The maximum absolute atomic E-state index is 11.7. The van der Waals surface area contributed by atoms with Crippen molar-refractivity contribution >= 4 is 27.5 Å². The van der Waals surface area contributed by atoms with Gasteiger partial charge in [-0.1, -0.05) is 0 Å². The molecule has 2 heterocycles. The molecule has 0 aliphatic heterocycles. The second-order valence-corrected chi connectivity index (χ2v) is 8.77. The van der Waals surface area contributed by atoms with Crippen molar-refractivity contribution in [1.82, 2.24) is 15.3 Å². The third-order valence-electron chi connectivity index (χ3n) is 6.04. The van der Waals surface area contributed by atoms with E-state index in [4.69, 9.17) is 4.74 Å². The van der Waals surface area contributed by atoms with Gasteiger partial charge in [0.05, 0.1) is 12.5 Å². The number of thiophene rings is 1. The summed E-state index contributed by atoms with van der Waals surface area (Å²) in [5.41, 5.74) is 1.16. The Labute approximate surface area is 168 Å². The van der Waals surface area contributed by atoms with E-state index in [-0.39, 0.29) is 12.0 Å². The molecule has 7 nitrogen and oxygen atoms in total. The van der Waals surface area contributed by atoms with Crippen molar-refractivity contribution in [3.63, 3.8) is 0 Å². The van der Waals surface area contributed by atoms with E-state index in [0.717, 1.165) is 54.3 Å². The minimum Gasteiger partial charge on any atom is -0.474 e. The van der Waals surface area contributed by atoms with Gasteiger partial charge in [-0.2, -0.15) is 0 Å². The third-order valence-corrected chi connectivity index (χ3v) is 7.21. The summed E-state index contributed by atoms with van der Waals surface area (Å²) in [7, 11) is 3.31. The smallest absolute Gasteiger partial charge is 0.334 e. The molecule has 152 valence electrons. The molecule has 0 saturated heterocycles. The first kappa shape index (κ1) is 19.5. The van der Waals surface area contributed by atoms with Gasteiger partial charge in [0, 0.05) is 10.9 Å². The monoisotopic (exact) mass is 405 g/mol. The SMILES string of the molecule is CN[C@H]1CC[C@H](Oc2ncnc3sc4c(c23)[C@@H](CC(O)C(=O)OC)CC4)CC1. The zero-order chi connectivity index (χ0) is 19.7. The Morgan fingerprint density at radius 2 is 2.11 bits per heavy atom. The summed E-state index contributed by atoms with van der Waals surface area (Å²) in [5.74, 6) is 0.156. The highest BCUT2D eigenvalue weighted by molar-refractivity contribution is 7.19. The lowest BCUT2D eigenvalue weighted by Crippen LogP contribution is -2.34. The van der Waals surface area contributed by atoms with Gasteiger partial charge in [0.2, 0.25) is 5.88 Å². The normalized spacial score (nSPS) is 25.5. The lowest BCUT2D eigenvalue weighted by Gasteiger charge is -2.28. The molecular formula is C20H27N3O4S. The molecule has 0 amide bonds. The molecule has 1 fully saturated rings. The zero-order valence-electron chi connectivity index (χ0n) is 16.3. The number of carbonyl (C=O) groups excluding carboxylic acids is 1. The summed E-state index contributed by atoms with van der Waals surface area (Å²) in [6.45, 7) is 0. The fraction of sp³-hybridized carbons (Fsp3) is 0.650. The van der Waals surface area contributed by atoms with Gasteiger partial charge < -0.3 is 19.9 Å². The van der Waals surface area contributed by atoms with Crippen LogP contribution in [0.1, 0.15) is 54.9 Å². The molecule has 8 heteroatoms. The number of aromatic nitrogens is 2. The first-order valence-corrected chi connectivity index (χ1v) is 10.8. The Morgan fingerprint density at radius 3 is 2.82 bits per heavy atom. The molecule has 0 bridgehead atoms. The maximum atomic E-state index is 11.7. The highest BCUT2D eigenvalue weighted by Crippen LogP contribution is 2.47. The van der Waals surface area contributed by atoms with Crippen LogP contribution < -0.4 is 10.1 Å². The van der Waals surface area contributed by atoms with E-state index in [1.807, 2.05) is 7.05 Å². The van der Waals surface area contributed by atoms with Gasteiger partial charge in [-0.15, -0.1) is 11.3 Å². The lowest BCUT2D eigenvalue weighted by atomic mass is 9.93. The number of rotatable bonds is 6. The van der Waals surface area contributed by atoms with E-state index in [2.05, 4.69) is 20.0 Å². The molecule has 0 radical (unpaired) electrons. The number of hydrogen-bond acceptors (Lipinski definition) is 8. The Hall–Kier alpha value is -1.77. The summed E-state index contributed by atoms with van der Waals surface area (Å²) in [4.78, 5) is 22.8. The van der Waals surface area contributed by atoms with Gasteiger partial charge in [-0.05, 0) is 63.5 Å². The quantitative estimate of drug-likeness (QED) is 0.714. The molecule has 1 saturated carbocycles. The van der Waals surface area contributed by atoms with Crippen molar-refractivity contribution < 1.29 is 19.4 Å². The van der Waals surface area contributed by atoms with Crippen LogP contribution in [0.4, 0.5) is 0 Å². The number of fused-ring (bicyclic) bond motifs is 3. The van der Waals surface area contributed by atoms with Gasteiger partial charge in [-0.25, -0.2) is 14.8 Å². The van der Waals surface area contributed by atoms with Crippen molar-refractivity contribution in [1.29, 1.82) is 0 Å². The first-order valence-electron chi connectivity index (χ1n) is 9.96. The van der Waals surface area contributed by atoms with Crippen LogP contribution in [-0.4, -0.2) is 53.5 Å². The van der Waals surface area contributed by atoms with Crippen LogP contribution in [0.5, 0.6) is 5.88 Å². The van der Waals surface area contributed by atoms with Gasteiger partial charge in [0.1, 0.15) is 17.3 Å². The van der Waals surface area contributed by atoms with Crippen LogP contribution in [-0.2, 0) is 16.0 Å². The summed E-state index contributed by atoms with van der Waals surface area (Å²) in [6.07, 6.45) is 7.04. The van der Waals surface area contributed by atoms with Crippen LogP contribution in [0, 0.1) is 0 Å². The summed E-state index contributed by atoms with van der Waals surface area (Å²) >= 11 is 1.67. The number of nitrogens with one attached hydrogen (secondary N) is 1. The van der Waals surface area contributed by atoms with Crippen molar-refractivity contribution in [3.05, 3.63) is 16.8 Å². The predicted molar refractivity (Wildman–Crippen MR) is 107 cm³/mol. The fourth-order valence-electron chi connectivity index (χ4n) is 4.49. The second kappa shape index (κ2) is 8.31. The van der Waals surface area contributed by atoms with Gasteiger partial charge >= 0.3 is 5.97 Å². The number of aliphatic hydroxyl groups excluding tert-OH is 1. The minimum absolute atomic E-state index is 0.0891. The van der Waals surface area contributed by atoms with E-state index in [0.29, 0.717) is 18.3 Å². The summed E-state index contributed by atoms with van der Waals surface area (Å²) in [6, 6.07) is 0.569. The Morgan fingerprint density at radius 1 is 1.32 bits per heavy atom. The van der Waals surface area contributed by atoms with E-state index < -0.39 is 12.1 Å². The Balaban J connectivity index is 1.59. The number of ether oxygens (including phenoxy) is 2. The highest BCUT2D eigenvalue weighted by Gasteiger charge is 2.33. The molecule has 0 aromatic carbocycles. The molecule has 28 heavy (non-hydrogen) atoms. The maximum Gasteiger partial charge on any atom is 0.334 e. The van der Waals surface area contributed by atoms with Crippen molar-refractivity contribution in [2.45, 2.75) is 69.1 Å². The van der Waals surface area contributed by atoms with Crippen LogP contribution in [0.25, 0.3) is 10.2 Å². The van der Waals surface area contributed by atoms with Crippen molar-refractivity contribution in [2.75, 3.05) is 14.2 Å². The number of aliphatic hydroxyl groups is 1. The molecule has 0 spiro atoms. The summed E-state index contributed by atoms with van der Waals surface area (Å²) < 4.78 is 11.0. The number of aryl methyl sites for hydroxylation is 1. The average molecular weight is 406 g/mol. The van der Waals surface area contributed by atoms with Crippen molar-refractivity contribution in [3.8, 4) is 5.88 Å². The number of nitrogens with zero attached hydrogens (tertiary/aromatic N) is 2. The zero-order valence-corrected chi connectivity index (χ0v) is 17.1. The predicted octanol–water partition coefficient (Wildman–Crippen LogP) is 2.55. The molecule has 2 aliphatic carbocycles. The van der Waals surface area contributed by atoms with E-state index in [1.54, 1.807) is 17.7 Å². The number of carbonyl (C=O) groups is 1. The van der Waals surface area contributed by atoms with Gasteiger partial charge in [0.15, 0.2) is 6.10 Å². The molecule has 4 rings (SSSR count). The second-order valence-electron chi connectivity index (χ2n) is 7.69. The molecule has 2 aromatic heterocycles. The molecular weight excluding hydrogens is 378 g/mol. The average Bonchev–Trinajstić information content (AvgIpc) is 3.28. The largest absolute Gasteiger partial charge is 0.474 e. The van der Waals surface area contributed by atoms with Crippen molar-refractivity contribution in [2.24, 2.45) is 0 Å². The number of methoxy groups -OCH3 is 1. The van der Waals surface area contributed by atoms with Crippen LogP contribution in [0.15, 0.2) is 6.33 Å². The molecule has 2 aliphatic rings. The van der Waals surface area contributed by atoms with Crippen LogP contribution in [0.2, 0.25) is 0 Å². The topological polar surface area (TPSA) is 93.6 Å². The van der Waals surface area contributed by atoms with Crippen LogP contribution in [0.3, 0.4) is 0 Å². The molecule has 2 atom stereocenters. The number of esters is 1. The summed E-state index contributed by atoms with van der Waals surface area (Å²) in [5, 5.41) is 14.5. The standard InChI is InChI=1S/C20H27N3O4S/c1-21-12-4-6-13(7-5-12)27-18-17-16-11(9-14(24)20(25)26-2)3-8-15(16)28-19(17)23-10-22-18/h10-14,21,24H,3-9H2,1-2H3/t11-,12-,13-,14?/m1/s1. The number of hydrogen-bond donors (Lipinski definition) is 2. The van der Waals surface area contributed by atoms with Gasteiger partial charge in [0.25, 0.3) is 0 Å². The molecule has 2 N–H and O–H groups in total. The Kier molecular flexibility index (Phi) is 5.80. The molecule has 1 unspecified atom stereocenters. The minimum atomic E-state index is -1.11.